The van der Waals surface area contributed by atoms with Crippen LogP contribution in [0.25, 0.3) is 0 Å². The third kappa shape index (κ3) is 1.55. The van der Waals surface area contributed by atoms with E-state index >= 15 is 0 Å². The Bertz CT molecular complexity index is 887. The molecule has 10 heteroatoms. The molecule has 172 valence electrons. The molecule has 0 radical (unpaired) electrons. The summed E-state index contributed by atoms with van der Waals surface area (Å²) >= 11 is -3.65. The van der Waals surface area contributed by atoms with Gasteiger partial charge < -0.3 is 9.47 Å². The van der Waals surface area contributed by atoms with Crippen molar-refractivity contribution in [1.82, 2.24) is 0 Å². The van der Waals surface area contributed by atoms with Crippen LogP contribution in [-0.2, 0) is 48.9 Å². The molecule has 11 aliphatic rings. The minimum atomic E-state index is -1.83. The number of hydrogen-bond acceptors (Lipinski definition) is 8. The second-order valence-electron chi connectivity index (χ2n) is 12.5. The zero-order valence-electron chi connectivity index (χ0n) is 17.0. The Morgan fingerprint density at radius 1 is 0.406 bits per heavy atom. The van der Waals surface area contributed by atoms with E-state index < -0.39 is 22.7 Å². The zero-order chi connectivity index (χ0) is 20.4. The van der Waals surface area contributed by atoms with E-state index in [1.807, 2.05) is 0 Å². The molecule has 8 nitrogen and oxygen atoms in total. The van der Waals surface area contributed by atoms with Crippen LogP contribution in [0.5, 0.6) is 0 Å². The molecule has 0 aromatic heterocycles. The van der Waals surface area contributed by atoms with Crippen molar-refractivity contribution in [2.45, 2.75) is 61.7 Å². The Kier molecular flexibility index (Phi) is 2.80. The smallest absolute Gasteiger partial charge is 0.305 e. The van der Waals surface area contributed by atoms with Gasteiger partial charge in [-0.3, -0.25) is 16.7 Å². The van der Waals surface area contributed by atoms with Crippen LogP contribution in [0.2, 0.25) is 0 Å². The van der Waals surface area contributed by atoms with E-state index in [4.69, 9.17) is 26.2 Å². The quantitative estimate of drug-likeness (QED) is 0.496. The summed E-state index contributed by atoms with van der Waals surface area (Å²) in [7, 11) is 0. The second-order valence-corrected chi connectivity index (χ2v) is 14.1. The summed E-state index contributed by atoms with van der Waals surface area (Å²) in [6.07, 6.45) is 1.25. The van der Waals surface area contributed by atoms with Crippen molar-refractivity contribution in [2.75, 3.05) is 0 Å². The van der Waals surface area contributed by atoms with Crippen molar-refractivity contribution in [3.8, 4) is 0 Å². The first kappa shape index (κ1) is 17.5. The highest BCUT2D eigenvalue weighted by Gasteiger charge is 2.82. The third-order valence-electron chi connectivity index (χ3n) is 12.5. The summed E-state index contributed by atoms with van der Waals surface area (Å²) in [6, 6.07) is 0. The average Bonchev–Trinajstić information content (AvgIpc) is 3.53. The molecular weight excluding hydrogens is 456 g/mol. The van der Waals surface area contributed by atoms with Gasteiger partial charge in [0.2, 0.25) is 0 Å². The van der Waals surface area contributed by atoms with Crippen molar-refractivity contribution in [3.05, 3.63) is 0 Å². The molecule has 3 saturated heterocycles. The highest BCUT2D eigenvalue weighted by Crippen LogP contribution is 2.77. The third-order valence-corrected chi connectivity index (χ3v) is 14.1. The molecule has 11 fully saturated rings. The van der Waals surface area contributed by atoms with Gasteiger partial charge in [-0.15, -0.1) is 0 Å². The Hall–Kier alpha value is 0.0600. The molecule has 0 aromatic carbocycles. The van der Waals surface area contributed by atoms with Gasteiger partial charge in [-0.2, -0.15) is 8.42 Å². The number of rotatable bonds is 0. The minimum absolute atomic E-state index is 0.0452. The molecule has 32 heavy (non-hydrogen) atoms. The molecule has 8 saturated carbocycles. The van der Waals surface area contributed by atoms with Crippen LogP contribution in [0.1, 0.15) is 12.8 Å². The van der Waals surface area contributed by atoms with Gasteiger partial charge >= 0.3 is 22.7 Å². The van der Waals surface area contributed by atoms with Gasteiger partial charge in [-0.25, -0.2) is 0 Å². The lowest BCUT2D eigenvalue weighted by atomic mass is 9.79. The van der Waals surface area contributed by atoms with Crippen molar-refractivity contribution >= 4 is 22.7 Å². The topological polar surface area (TPSA) is 89.5 Å². The first-order valence-electron chi connectivity index (χ1n) is 12.5. The summed E-state index contributed by atoms with van der Waals surface area (Å²) in [6.45, 7) is 0. The van der Waals surface area contributed by atoms with Crippen LogP contribution in [-0.4, -0.2) is 57.2 Å². The van der Waals surface area contributed by atoms with Gasteiger partial charge in [0.05, 0.1) is 24.4 Å². The molecule has 0 amide bonds. The predicted molar refractivity (Wildman–Crippen MR) is 104 cm³/mol. The first-order chi connectivity index (χ1) is 15.7. The van der Waals surface area contributed by atoms with Crippen LogP contribution in [0, 0.1) is 71.0 Å². The van der Waals surface area contributed by atoms with Crippen molar-refractivity contribution < 1.29 is 34.6 Å². The molecule has 0 N–H and O–H groups in total. The van der Waals surface area contributed by atoms with Gasteiger partial charge in [-0.1, -0.05) is 0 Å². The lowest BCUT2D eigenvalue weighted by molar-refractivity contribution is -0.0586. The molecule has 4 bridgehead atoms. The van der Waals surface area contributed by atoms with Crippen molar-refractivity contribution in [3.63, 3.8) is 0 Å². The standard InChI is InChI=1S/C22H24O8S2/c23-31-27-19-11-3-1-4-8-7(3)15(19)25-16(8)20(12(4)11)28-32(24)30-22-14-6-2-5-9-10(6)18(22)26-17(9)21(29-31)13(5)14/h3-22H,1-2H2/t3-,4-,5-,6-,7-,8+,9+,10+,11+,12-,13+,14+,15-,16+,17+,18-,19+,20-,21-,22+,31?,32?/m0/s1. The van der Waals surface area contributed by atoms with Crippen LogP contribution in [0.4, 0.5) is 0 Å². The maximum Gasteiger partial charge on any atom is 0.305 e. The predicted octanol–water partition coefficient (Wildman–Crippen LogP) is 0.516. The number of fused-ring (bicyclic) bond motifs is 4. The molecule has 0 spiro atoms. The van der Waals surface area contributed by atoms with E-state index in [9.17, 15) is 8.42 Å². The van der Waals surface area contributed by atoms with Gasteiger partial charge in [0.25, 0.3) is 0 Å². The SMILES string of the molecule is O=S1O[C@@H]2[C@@H]3O[C@@H]4[C@H](OS(=O)O[C@@H]5[C@@H]6O[C@@H]7[C@H](O1)[C@@H]1[C@H]8C[C@H]([C@H]51)[C@@H]6[C@H]87)[C@@H]1[C@H]5C[C@H]([C@@H]21)[C@@H]3[C@@H]54. The molecule has 3 heterocycles. The Balaban J connectivity index is 1.05. The molecule has 2 unspecified atom stereocenters. The van der Waals surface area contributed by atoms with Gasteiger partial charge in [0, 0.05) is 0 Å². The monoisotopic (exact) mass is 480 g/mol. The average molecular weight is 481 g/mol. The summed E-state index contributed by atoms with van der Waals surface area (Å²) in [5.41, 5.74) is 0. The highest BCUT2D eigenvalue weighted by atomic mass is 32.2. The second kappa shape index (κ2) is 5.12. The molecular formula is C22H24O8S2. The van der Waals surface area contributed by atoms with Crippen LogP contribution >= 0.6 is 0 Å². The minimum Gasteiger partial charge on any atom is -0.369 e. The van der Waals surface area contributed by atoms with Crippen molar-refractivity contribution in [2.24, 2.45) is 71.0 Å². The Labute approximate surface area is 190 Å². The van der Waals surface area contributed by atoms with E-state index in [1.165, 1.54) is 12.8 Å². The zero-order valence-corrected chi connectivity index (χ0v) is 18.7. The van der Waals surface area contributed by atoms with Gasteiger partial charge in [0.1, 0.15) is 24.4 Å². The molecule has 8 aliphatic carbocycles. The normalized spacial score (nSPS) is 80.4. The van der Waals surface area contributed by atoms with Gasteiger partial charge in [0.15, 0.2) is 0 Å². The molecule has 22 atom stereocenters. The van der Waals surface area contributed by atoms with Crippen LogP contribution in [0.15, 0.2) is 0 Å². The van der Waals surface area contributed by atoms with E-state index in [0.29, 0.717) is 47.3 Å². The lowest BCUT2D eigenvalue weighted by Crippen LogP contribution is -2.40. The van der Waals surface area contributed by atoms with Crippen molar-refractivity contribution in [1.29, 1.82) is 0 Å². The first-order valence-corrected chi connectivity index (χ1v) is 14.5. The largest absolute Gasteiger partial charge is 0.369 e. The number of ether oxygens (including phenoxy) is 2. The number of hydrogen-bond donors (Lipinski definition) is 0. The van der Waals surface area contributed by atoms with E-state index in [1.54, 1.807) is 0 Å². The highest BCUT2D eigenvalue weighted by molar-refractivity contribution is 7.75. The Morgan fingerprint density at radius 2 is 0.656 bits per heavy atom. The fourth-order valence-corrected chi connectivity index (χ4v) is 14.3. The fourth-order valence-electron chi connectivity index (χ4n) is 12.6. The lowest BCUT2D eigenvalue weighted by Gasteiger charge is -2.31. The summed E-state index contributed by atoms with van der Waals surface area (Å²) in [5.74, 6) is 4.95. The van der Waals surface area contributed by atoms with Gasteiger partial charge in [-0.05, 0) is 83.9 Å². The van der Waals surface area contributed by atoms with Crippen LogP contribution < -0.4 is 0 Å². The summed E-state index contributed by atoms with van der Waals surface area (Å²) in [4.78, 5) is 0. The fraction of sp³-hybridized carbons (Fsp3) is 1.00. The maximum absolute atomic E-state index is 13.3. The summed E-state index contributed by atoms with van der Waals surface area (Å²) < 4.78 is 64.6. The molecule has 0 aromatic rings. The van der Waals surface area contributed by atoms with E-state index in [-0.39, 0.29) is 72.5 Å². The van der Waals surface area contributed by atoms with E-state index in [2.05, 4.69) is 0 Å². The molecule has 11 rings (SSSR count). The Morgan fingerprint density at radius 3 is 0.938 bits per heavy atom. The summed E-state index contributed by atoms with van der Waals surface area (Å²) in [5, 5.41) is 0. The maximum atomic E-state index is 13.3. The van der Waals surface area contributed by atoms with Crippen LogP contribution in [0.3, 0.4) is 0 Å². The molecule has 3 aliphatic heterocycles. The van der Waals surface area contributed by atoms with E-state index in [0.717, 1.165) is 0 Å².